The number of hydrogen-bond acceptors (Lipinski definition) is 2. The molecule has 2 atom stereocenters. The van der Waals surface area contributed by atoms with Crippen molar-refractivity contribution < 1.29 is 9.59 Å². The second-order valence-electron chi connectivity index (χ2n) is 5.17. The van der Waals surface area contributed by atoms with Crippen LogP contribution in [0.2, 0.25) is 0 Å². The molecular weight excluding hydrogens is 178 g/mol. The Morgan fingerprint density at radius 1 is 1.50 bits per heavy atom. The summed E-state index contributed by atoms with van der Waals surface area (Å²) >= 11 is 0. The SMILES string of the molecule is CC(=O)NC12CCC(CC1=O)C2(C)C. The minimum atomic E-state index is -0.552. The maximum Gasteiger partial charge on any atom is 0.217 e. The molecule has 3 heteroatoms. The lowest BCUT2D eigenvalue weighted by Gasteiger charge is -2.36. The second-order valence-corrected chi connectivity index (χ2v) is 5.17. The van der Waals surface area contributed by atoms with E-state index in [9.17, 15) is 9.59 Å². The zero-order valence-corrected chi connectivity index (χ0v) is 9.02. The Bertz CT molecular complexity index is 308. The molecule has 3 nitrogen and oxygen atoms in total. The smallest absolute Gasteiger partial charge is 0.217 e. The number of carbonyl (C=O) groups excluding carboxylic acids is 2. The number of rotatable bonds is 1. The van der Waals surface area contributed by atoms with Gasteiger partial charge in [0.2, 0.25) is 5.91 Å². The number of carbonyl (C=O) groups is 2. The second kappa shape index (κ2) is 2.59. The fourth-order valence-electron chi connectivity index (χ4n) is 3.27. The van der Waals surface area contributed by atoms with Crippen LogP contribution in [0.1, 0.15) is 40.0 Å². The third-order valence-corrected chi connectivity index (χ3v) is 4.29. The van der Waals surface area contributed by atoms with E-state index in [-0.39, 0.29) is 17.1 Å². The summed E-state index contributed by atoms with van der Waals surface area (Å²) in [7, 11) is 0. The van der Waals surface area contributed by atoms with E-state index in [4.69, 9.17) is 0 Å². The highest BCUT2D eigenvalue weighted by Crippen LogP contribution is 2.58. The van der Waals surface area contributed by atoms with Gasteiger partial charge in [0.1, 0.15) is 5.54 Å². The first-order valence-electron chi connectivity index (χ1n) is 5.22. The van der Waals surface area contributed by atoms with Crippen LogP contribution in [0.5, 0.6) is 0 Å². The van der Waals surface area contributed by atoms with Crippen molar-refractivity contribution in [1.29, 1.82) is 0 Å². The lowest BCUT2D eigenvalue weighted by molar-refractivity contribution is -0.132. The molecule has 2 rings (SSSR count). The van der Waals surface area contributed by atoms with E-state index in [0.717, 1.165) is 12.8 Å². The third kappa shape index (κ3) is 0.928. The normalized spacial score (nSPS) is 38.8. The Morgan fingerprint density at radius 3 is 2.50 bits per heavy atom. The van der Waals surface area contributed by atoms with E-state index in [1.165, 1.54) is 6.92 Å². The number of Topliss-reactive ketones (excluding diaryl/α,β-unsaturated/α-hetero) is 1. The zero-order valence-electron chi connectivity index (χ0n) is 9.02. The molecule has 2 bridgehead atoms. The Hall–Kier alpha value is -0.860. The van der Waals surface area contributed by atoms with E-state index in [2.05, 4.69) is 19.2 Å². The summed E-state index contributed by atoms with van der Waals surface area (Å²) in [5.74, 6) is 0.602. The van der Waals surface area contributed by atoms with Crippen molar-refractivity contribution in [3.63, 3.8) is 0 Å². The molecule has 1 amide bonds. The van der Waals surface area contributed by atoms with Crippen molar-refractivity contribution in [1.82, 2.24) is 5.32 Å². The molecule has 0 saturated heterocycles. The molecule has 2 unspecified atom stereocenters. The summed E-state index contributed by atoms with van der Waals surface area (Å²) < 4.78 is 0. The average Bonchev–Trinajstić information content (AvgIpc) is 2.36. The van der Waals surface area contributed by atoms with Crippen molar-refractivity contribution in [2.75, 3.05) is 0 Å². The number of hydrogen-bond donors (Lipinski definition) is 1. The predicted octanol–water partition coefficient (Wildman–Crippen LogP) is 1.27. The Balaban J connectivity index is 2.39. The van der Waals surface area contributed by atoms with Crippen LogP contribution < -0.4 is 5.32 Å². The molecule has 2 saturated carbocycles. The van der Waals surface area contributed by atoms with Crippen LogP contribution in [0.4, 0.5) is 0 Å². The van der Waals surface area contributed by atoms with Gasteiger partial charge in [-0.3, -0.25) is 9.59 Å². The minimum absolute atomic E-state index is 0.0598. The van der Waals surface area contributed by atoms with E-state index < -0.39 is 5.54 Å². The molecule has 0 aliphatic heterocycles. The van der Waals surface area contributed by atoms with Gasteiger partial charge in [-0.1, -0.05) is 13.8 Å². The van der Waals surface area contributed by atoms with E-state index in [0.29, 0.717) is 12.3 Å². The topological polar surface area (TPSA) is 46.2 Å². The van der Waals surface area contributed by atoms with Crippen molar-refractivity contribution in [2.45, 2.75) is 45.6 Å². The minimum Gasteiger partial charge on any atom is -0.343 e. The van der Waals surface area contributed by atoms with Gasteiger partial charge in [-0.05, 0) is 24.2 Å². The predicted molar refractivity (Wildman–Crippen MR) is 52.7 cm³/mol. The number of amides is 1. The molecule has 0 spiro atoms. The third-order valence-electron chi connectivity index (χ3n) is 4.29. The molecule has 78 valence electrons. The van der Waals surface area contributed by atoms with Crippen molar-refractivity contribution >= 4 is 11.7 Å². The average molecular weight is 195 g/mol. The molecule has 1 N–H and O–H groups in total. The first-order chi connectivity index (χ1) is 6.40. The summed E-state index contributed by atoms with van der Waals surface area (Å²) in [5.41, 5.74) is -0.612. The molecule has 2 aliphatic rings. The summed E-state index contributed by atoms with van der Waals surface area (Å²) in [6, 6.07) is 0. The van der Waals surface area contributed by atoms with Crippen LogP contribution >= 0.6 is 0 Å². The summed E-state index contributed by atoms with van der Waals surface area (Å²) in [6.07, 6.45) is 2.54. The van der Waals surface area contributed by atoms with Crippen LogP contribution in [0, 0.1) is 11.3 Å². The van der Waals surface area contributed by atoms with Crippen LogP contribution in [-0.4, -0.2) is 17.2 Å². The molecule has 2 fully saturated rings. The maximum atomic E-state index is 11.9. The molecule has 0 aromatic rings. The van der Waals surface area contributed by atoms with E-state index in [1.54, 1.807) is 0 Å². The van der Waals surface area contributed by atoms with Crippen molar-refractivity contribution in [2.24, 2.45) is 11.3 Å². The van der Waals surface area contributed by atoms with E-state index >= 15 is 0 Å². The first kappa shape index (κ1) is 9.69. The number of fused-ring (bicyclic) bond motifs is 2. The fourth-order valence-corrected chi connectivity index (χ4v) is 3.27. The highest BCUT2D eigenvalue weighted by atomic mass is 16.2. The standard InChI is InChI=1S/C11H17NO2/c1-7(13)12-11-5-4-8(6-9(11)14)10(11,2)3/h8H,4-6H2,1-3H3,(H,12,13). The lowest BCUT2D eigenvalue weighted by atomic mass is 9.76. The van der Waals surface area contributed by atoms with Gasteiger partial charge in [0.15, 0.2) is 5.78 Å². The van der Waals surface area contributed by atoms with Gasteiger partial charge in [0.05, 0.1) is 0 Å². The fraction of sp³-hybridized carbons (Fsp3) is 0.818. The number of ketones is 1. The summed E-state index contributed by atoms with van der Waals surface area (Å²) in [6.45, 7) is 5.70. The molecule has 14 heavy (non-hydrogen) atoms. The highest BCUT2D eigenvalue weighted by molar-refractivity contribution is 5.96. The van der Waals surface area contributed by atoms with E-state index in [1.807, 2.05) is 0 Å². The molecule has 0 aromatic carbocycles. The Kier molecular flexibility index (Phi) is 1.79. The van der Waals surface area contributed by atoms with Gasteiger partial charge >= 0.3 is 0 Å². The van der Waals surface area contributed by atoms with Crippen molar-refractivity contribution in [3.05, 3.63) is 0 Å². The Labute approximate surface area is 84.2 Å². The molecule has 0 radical (unpaired) electrons. The molecule has 2 aliphatic carbocycles. The van der Waals surface area contributed by atoms with Crippen molar-refractivity contribution in [3.8, 4) is 0 Å². The largest absolute Gasteiger partial charge is 0.343 e. The highest BCUT2D eigenvalue weighted by Gasteiger charge is 2.64. The zero-order chi connectivity index (χ0) is 10.6. The van der Waals surface area contributed by atoms with Gasteiger partial charge in [0.25, 0.3) is 0 Å². The van der Waals surface area contributed by atoms with Crippen LogP contribution in [0.25, 0.3) is 0 Å². The van der Waals surface area contributed by atoms with Gasteiger partial charge in [-0.2, -0.15) is 0 Å². The summed E-state index contributed by atoms with van der Waals surface area (Å²) in [4.78, 5) is 23.0. The first-order valence-corrected chi connectivity index (χ1v) is 5.22. The van der Waals surface area contributed by atoms with Gasteiger partial charge in [-0.25, -0.2) is 0 Å². The quantitative estimate of drug-likeness (QED) is 0.685. The molecular formula is C11H17NO2. The lowest BCUT2D eigenvalue weighted by Crippen LogP contribution is -2.57. The van der Waals surface area contributed by atoms with Gasteiger partial charge in [0, 0.05) is 13.3 Å². The van der Waals surface area contributed by atoms with Crippen LogP contribution in [0.3, 0.4) is 0 Å². The molecule has 0 heterocycles. The Morgan fingerprint density at radius 2 is 2.14 bits per heavy atom. The monoisotopic (exact) mass is 195 g/mol. The van der Waals surface area contributed by atoms with Gasteiger partial charge in [-0.15, -0.1) is 0 Å². The number of nitrogens with one attached hydrogen (secondary N) is 1. The van der Waals surface area contributed by atoms with Crippen LogP contribution in [0.15, 0.2) is 0 Å². The maximum absolute atomic E-state index is 11.9. The summed E-state index contributed by atoms with van der Waals surface area (Å²) in [5, 5.41) is 2.90. The molecule has 0 aromatic heterocycles. The van der Waals surface area contributed by atoms with Crippen LogP contribution in [-0.2, 0) is 9.59 Å². The van der Waals surface area contributed by atoms with Gasteiger partial charge < -0.3 is 5.32 Å².